The number of nitrogens with one attached hydrogen (secondary N) is 2. The summed E-state index contributed by atoms with van der Waals surface area (Å²) in [5.41, 5.74) is -0.278. The molecule has 23 heavy (non-hydrogen) atoms. The minimum atomic E-state index is -0.278. The summed E-state index contributed by atoms with van der Waals surface area (Å²) in [4.78, 5) is 19.1. The normalized spacial score (nSPS) is 20.4. The van der Waals surface area contributed by atoms with Crippen molar-refractivity contribution in [1.82, 2.24) is 15.5 Å². The van der Waals surface area contributed by atoms with Gasteiger partial charge in [-0.2, -0.15) is 0 Å². The highest BCUT2D eigenvalue weighted by Crippen LogP contribution is 2.39. The van der Waals surface area contributed by atoms with Crippen molar-refractivity contribution in [3.05, 3.63) is 0 Å². The topological polar surface area (TPSA) is 56.7 Å². The minimum absolute atomic E-state index is 0.239. The second kappa shape index (κ2) is 8.55. The third kappa shape index (κ3) is 5.40. The minimum Gasteiger partial charge on any atom is -0.357 e. The maximum Gasteiger partial charge on any atom is 0.230 e. The van der Waals surface area contributed by atoms with Gasteiger partial charge in [-0.1, -0.05) is 25.7 Å². The number of hydrogen-bond acceptors (Lipinski definition) is 2. The molecule has 0 unspecified atom stereocenters. The predicted molar refractivity (Wildman–Crippen MR) is 95.5 cm³/mol. The van der Waals surface area contributed by atoms with Gasteiger partial charge in [0.1, 0.15) is 0 Å². The number of rotatable bonds is 8. The Morgan fingerprint density at radius 2 is 1.91 bits per heavy atom. The third-order valence-electron chi connectivity index (χ3n) is 5.08. The van der Waals surface area contributed by atoms with E-state index in [9.17, 15) is 4.79 Å². The van der Waals surface area contributed by atoms with E-state index in [2.05, 4.69) is 17.6 Å². The summed E-state index contributed by atoms with van der Waals surface area (Å²) in [6, 6.07) is 0. The fourth-order valence-corrected chi connectivity index (χ4v) is 3.54. The van der Waals surface area contributed by atoms with E-state index in [1.165, 1.54) is 25.7 Å². The Labute approximate surface area is 141 Å². The molecular formula is C18H34N4O. The van der Waals surface area contributed by atoms with E-state index >= 15 is 0 Å². The van der Waals surface area contributed by atoms with Crippen molar-refractivity contribution in [3.63, 3.8) is 0 Å². The van der Waals surface area contributed by atoms with Crippen LogP contribution in [0.15, 0.2) is 4.99 Å². The predicted octanol–water partition coefficient (Wildman–Crippen LogP) is 2.38. The molecular weight excluding hydrogens is 288 g/mol. The lowest BCUT2D eigenvalue weighted by molar-refractivity contribution is -0.138. The lowest BCUT2D eigenvalue weighted by Crippen LogP contribution is -2.43. The highest BCUT2D eigenvalue weighted by Gasteiger charge is 2.42. The number of carbonyl (C=O) groups is 1. The molecule has 0 radical (unpaired) electrons. The van der Waals surface area contributed by atoms with Gasteiger partial charge in [-0.05, 0) is 38.5 Å². The smallest absolute Gasteiger partial charge is 0.230 e. The molecule has 2 aliphatic carbocycles. The number of amides is 1. The van der Waals surface area contributed by atoms with Gasteiger partial charge in [0.25, 0.3) is 0 Å². The summed E-state index contributed by atoms with van der Waals surface area (Å²) in [6.45, 7) is 4.50. The maximum absolute atomic E-state index is 12.6. The number of aliphatic imine (C=N–C) groups is 1. The summed E-state index contributed by atoms with van der Waals surface area (Å²) in [7, 11) is 3.71. The van der Waals surface area contributed by atoms with Crippen LogP contribution < -0.4 is 10.6 Å². The van der Waals surface area contributed by atoms with Crippen LogP contribution in [0, 0.1) is 11.3 Å². The Morgan fingerprint density at radius 3 is 2.48 bits per heavy atom. The molecule has 0 spiro atoms. The van der Waals surface area contributed by atoms with Gasteiger partial charge in [0, 0.05) is 27.2 Å². The molecule has 2 N–H and O–H groups in total. The largest absolute Gasteiger partial charge is 0.357 e. The first-order chi connectivity index (χ1) is 11.1. The summed E-state index contributed by atoms with van der Waals surface area (Å²) >= 11 is 0. The second-order valence-corrected chi connectivity index (χ2v) is 7.39. The maximum atomic E-state index is 12.6. The molecule has 0 aromatic rings. The monoisotopic (exact) mass is 322 g/mol. The van der Waals surface area contributed by atoms with E-state index in [-0.39, 0.29) is 11.3 Å². The lowest BCUT2D eigenvalue weighted by Gasteiger charge is -2.29. The number of carbonyl (C=O) groups excluding carboxylic acids is 1. The average molecular weight is 322 g/mol. The van der Waals surface area contributed by atoms with Crippen molar-refractivity contribution in [1.29, 1.82) is 0 Å². The first-order valence-electron chi connectivity index (χ1n) is 9.31. The Kier molecular flexibility index (Phi) is 6.72. The van der Waals surface area contributed by atoms with Gasteiger partial charge in [-0.15, -0.1) is 0 Å². The molecule has 2 rings (SSSR count). The van der Waals surface area contributed by atoms with Crippen molar-refractivity contribution in [2.24, 2.45) is 16.3 Å². The Hall–Kier alpha value is -1.26. The molecule has 0 aromatic heterocycles. The number of guanidine groups is 1. The van der Waals surface area contributed by atoms with Crippen LogP contribution in [0.25, 0.3) is 0 Å². The van der Waals surface area contributed by atoms with Gasteiger partial charge >= 0.3 is 0 Å². The Balaban J connectivity index is 1.88. The van der Waals surface area contributed by atoms with Crippen LogP contribution in [0.2, 0.25) is 0 Å². The molecule has 2 aliphatic rings. The van der Waals surface area contributed by atoms with Crippen LogP contribution in [0.3, 0.4) is 0 Å². The first kappa shape index (κ1) is 18.1. The van der Waals surface area contributed by atoms with Crippen LogP contribution >= 0.6 is 0 Å². The quantitative estimate of drug-likeness (QED) is 0.410. The standard InChI is InChI=1S/C18H34N4O/c1-4-19-17(20-13-7-8-15-9-10-15)21-14-18(11-5-6-12-18)16(23)22(2)3/h15H,4-14H2,1-3H3,(H2,19,20,21). The number of nitrogens with zero attached hydrogens (tertiary/aromatic N) is 2. The molecule has 0 saturated heterocycles. The van der Waals surface area contributed by atoms with Crippen molar-refractivity contribution < 1.29 is 4.79 Å². The van der Waals surface area contributed by atoms with Crippen LogP contribution in [-0.2, 0) is 4.79 Å². The van der Waals surface area contributed by atoms with E-state index in [1.54, 1.807) is 4.90 Å². The van der Waals surface area contributed by atoms with Crippen molar-refractivity contribution >= 4 is 11.9 Å². The molecule has 0 atom stereocenters. The van der Waals surface area contributed by atoms with E-state index in [1.807, 2.05) is 14.1 Å². The highest BCUT2D eigenvalue weighted by atomic mass is 16.2. The fraction of sp³-hybridized carbons (Fsp3) is 0.889. The lowest BCUT2D eigenvalue weighted by atomic mass is 9.85. The average Bonchev–Trinajstić information content (AvgIpc) is 3.24. The zero-order chi connectivity index (χ0) is 16.7. The zero-order valence-corrected chi connectivity index (χ0v) is 15.2. The van der Waals surface area contributed by atoms with Crippen molar-refractivity contribution in [2.75, 3.05) is 33.7 Å². The fourth-order valence-electron chi connectivity index (χ4n) is 3.54. The Bertz CT molecular complexity index is 409. The van der Waals surface area contributed by atoms with Crippen LogP contribution in [0.5, 0.6) is 0 Å². The third-order valence-corrected chi connectivity index (χ3v) is 5.08. The van der Waals surface area contributed by atoms with E-state index in [0.717, 1.165) is 50.7 Å². The Morgan fingerprint density at radius 1 is 1.22 bits per heavy atom. The molecule has 0 aliphatic heterocycles. The van der Waals surface area contributed by atoms with Crippen molar-refractivity contribution in [3.8, 4) is 0 Å². The van der Waals surface area contributed by atoms with Gasteiger partial charge in [-0.3, -0.25) is 9.79 Å². The van der Waals surface area contributed by atoms with Gasteiger partial charge in [0.05, 0.1) is 12.0 Å². The molecule has 1 amide bonds. The molecule has 0 heterocycles. The summed E-state index contributed by atoms with van der Waals surface area (Å²) < 4.78 is 0. The van der Waals surface area contributed by atoms with E-state index in [0.29, 0.717) is 6.54 Å². The van der Waals surface area contributed by atoms with Crippen LogP contribution in [-0.4, -0.2) is 50.5 Å². The summed E-state index contributed by atoms with van der Waals surface area (Å²) in [5, 5.41) is 6.74. The molecule has 0 bridgehead atoms. The molecule has 132 valence electrons. The van der Waals surface area contributed by atoms with Crippen molar-refractivity contribution in [2.45, 2.75) is 58.3 Å². The second-order valence-electron chi connectivity index (χ2n) is 7.39. The molecule has 5 heteroatoms. The highest BCUT2D eigenvalue weighted by molar-refractivity contribution is 5.84. The summed E-state index contributed by atoms with van der Waals surface area (Å²) in [6.07, 6.45) is 9.59. The SMILES string of the molecule is CCNC(=NCC1(C(=O)N(C)C)CCCC1)NCCCC1CC1. The number of hydrogen-bond donors (Lipinski definition) is 2. The van der Waals surface area contributed by atoms with E-state index < -0.39 is 0 Å². The van der Waals surface area contributed by atoms with Gasteiger partial charge in [-0.25, -0.2) is 0 Å². The van der Waals surface area contributed by atoms with E-state index in [4.69, 9.17) is 4.99 Å². The zero-order valence-electron chi connectivity index (χ0n) is 15.2. The molecule has 5 nitrogen and oxygen atoms in total. The van der Waals surface area contributed by atoms with Gasteiger partial charge in [0.15, 0.2) is 5.96 Å². The summed E-state index contributed by atoms with van der Waals surface area (Å²) in [5.74, 6) is 2.08. The van der Waals surface area contributed by atoms with Gasteiger partial charge in [0.2, 0.25) is 5.91 Å². The molecule has 2 saturated carbocycles. The molecule has 2 fully saturated rings. The van der Waals surface area contributed by atoms with Crippen LogP contribution in [0.1, 0.15) is 58.3 Å². The first-order valence-corrected chi connectivity index (χ1v) is 9.31. The van der Waals surface area contributed by atoms with Gasteiger partial charge < -0.3 is 15.5 Å². The van der Waals surface area contributed by atoms with Crippen LogP contribution in [0.4, 0.5) is 0 Å². The molecule has 0 aromatic carbocycles.